The van der Waals surface area contributed by atoms with Gasteiger partial charge in [0, 0.05) is 38.3 Å². The number of carbonyl (C=O) groups excluding carboxylic acids is 1. The third-order valence-electron chi connectivity index (χ3n) is 4.97. The molecule has 1 amide bonds. The van der Waals surface area contributed by atoms with E-state index in [0.29, 0.717) is 30.9 Å². The molecule has 3 rings (SSSR count). The molecule has 0 spiro atoms. The van der Waals surface area contributed by atoms with E-state index in [9.17, 15) is 9.90 Å². The molecule has 28 heavy (non-hydrogen) atoms. The van der Waals surface area contributed by atoms with Crippen molar-refractivity contribution in [1.82, 2.24) is 9.80 Å². The summed E-state index contributed by atoms with van der Waals surface area (Å²) in [6.45, 7) is 5.53. The topological polar surface area (TPSA) is 62.2 Å². The average molecular weight is 384 g/mol. The Bertz CT molecular complexity index is 788. The van der Waals surface area contributed by atoms with Crippen LogP contribution in [0.15, 0.2) is 48.5 Å². The largest absolute Gasteiger partial charge is 0.497 e. The van der Waals surface area contributed by atoms with Crippen LogP contribution in [0.3, 0.4) is 0 Å². The smallest absolute Gasteiger partial charge is 0.254 e. The number of rotatable bonds is 7. The van der Waals surface area contributed by atoms with Crippen molar-refractivity contribution in [2.45, 2.75) is 13.0 Å². The van der Waals surface area contributed by atoms with E-state index in [4.69, 9.17) is 9.47 Å². The number of benzene rings is 2. The van der Waals surface area contributed by atoms with Crippen molar-refractivity contribution in [3.8, 4) is 11.5 Å². The monoisotopic (exact) mass is 384 g/mol. The number of carbonyl (C=O) groups is 1. The van der Waals surface area contributed by atoms with Gasteiger partial charge in [-0.3, -0.25) is 9.69 Å². The molecule has 0 saturated carbocycles. The van der Waals surface area contributed by atoms with E-state index in [0.717, 1.165) is 24.4 Å². The van der Waals surface area contributed by atoms with Gasteiger partial charge in [-0.15, -0.1) is 0 Å². The number of ether oxygens (including phenoxy) is 2. The van der Waals surface area contributed by atoms with Crippen molar-refractivity contribution < 1.29 is 19.4 Å². The van der Waals surface area contributed by atoms with Gasteiger partial charge in [0.1, 0.15) is 24.2 Å². The van der Waals surface area contributed by atoms with Gasteiger partial charge in [0.25, 0.3) is 5.91 Å². The zero-order chi connectivity index (χ0) is 19.9. The molecule has 1 N–H and O–H groups in total. The summed E-state index contributed by atoms with van der Waals surface area (Å²) in [5.74, 6) is 1.50. The van der Waals surface area contributed by atoms with E-state index in [2.05, 4.69) is 4.90 Å². The number of para-hydroxylation sites is 1. The molecule has 1 aliphatic rings. The van der Waals surface area contributed by atoms with Crippen LogP contribution in [0.25, 0.3) is 0 Å². The van der Waals surface area contributed by atoms with Gasteiger partial charge in [0.2, 0.25) is 0 Å². The lowest BCUT2D eigenvalue weighted by molar-refractivity contribution is 0.0402. The van der Waals surface area contributed by atoms with Crippen LogP contribution < -0.4 is 9.47 Å². The molecule has 6 heteroatoms. The van der Waals surface area contributed by atoms with Gasteiger partial charge in [0.15, 0.2) is 0 Å². The normalized spacial score (nSPS) is 15.9. The summed E-state index contributed by atoms with van der Waals surface area (Å²) in [5.41, 5.74) is 1.69. The molecule has 2 aromatic rings. The molecule has 6 nitrogen and oxygen atoms in total. The molecule has 0 bridgehead atoms. The summed E-state index contributed by atoms with van der Waals surface area (Å²) < 4.78 is 10.9. The Balaban J connectivity index is 1.44. The fraction of sp³-hybridized carbons (Fsp3) is 0.409. The Kier molecular flexibility index (Phi) is 6.90. The fourth-order valence-electron chi connectivity index (χ4n) is 3.33. The molecule has 2 aromatic carbocycles. The molecule has 1 atom stereocenters. The standard InChI is InChI=1S/C22H28N2O4/c1-17-6-3-4-9-21(17)28-16-19(25)15-23-10-12-24(13-11-23)22(26)18-7-5-8-20(14-18)27-2/h3-9,14,19,25H,10-13,15-16H2,1-2H3. The van der Waals surface area contributed by atoms with Crippen LogP contribution in [0.5, 0.6) is 11.5 Å². The van der Waals surface area contributed by atoms with E-state index in [1.54, 1.807) is 13.2 Å². The minimum absolute atomic E-state index is 0.0157. The van der Waals surface area contributed by atoms with Crippen LogP contribution in [0.4, 0.5) is 0 Å². The van der Waals surface area contributed by atoms with E-state index in [-0.39, 0.29) is 12.5 Å². The van der Waals surface area contributed by atoms with E-state index >= 15 is 0 Å². The predicted molar refractivity (Wildman–Crippen MR) is 108 cm³/mol. The molecule has 0 aromatic heterocycles. The van der Waals surface area contributed by atoms with Crippen LogP contribution >= 0.6 is 0 Å². The second-order valence-corrected chi connectivity index (χ2v) is 7.06. The second kappa shape index (κ2) is 9.57. The number of amides is 1. The van der Waals surface area contributed by atoms with Gasteiger partial charge in [0.05, 0.1) is 7.11 Å². The van der Waals surface area contributed by atoms with Crippen LogP contribution in [-0.4, -0.2) is 73.4 Å². The number of β-amino-alcohol motifs (C(OH)–C–C–N with tert-alkyl or cyclic N) is 1. The van der Waals surface area contributed by atoms with Crippen LogP contribution in [0.2, 0.25) is 0 Å². The summed E-state index contributed by atoms with van der Waals surface area (Å²) >= 11 is 0. The number of aliphatic hydroxyl groups excluding tert-OH is 1. The van der Waals surface area contributed by atoms with Crippen molar-refractivity contribution in [2.24, 2.45) is 0 Å². The highest BCUT2D eigenvalue weighted by molar-refractivity contribution is 5.94. The zero-order valence-corrected chi connectivity index (χ0v) is 16.5. The lowest BCUT2D eigenvalue weighted by atomic mass is 10.1. The van der Waals surface area contributed by atoms with Gasteiger partial charge >= 0.3 is 0 Å². The second-order valence-electron chi connectivity index (χ2n) is 7.06. The van der Waals surface area contributed by atoms with Gasteiger partial charge in [-0.05, 0) is 36.8 Å². The average Bonchev–Trinajstić information content (AvgIpc) is 2.73. The fourth-order valence-corrected chi connectivity index (χ4v) is 3.33. The molecule has 0 radical (unpaired) electrons. The summed E-state index contributed by atoms with van der Waals surface area (Å²) in [5, 5.41) is 10.3. The highest BCUT2D eigenvalue weighted by atomic mass is 16.5. The summed E-state index contributed by atoms with van der Waals surface area (Å²) in [7, 11) is 1.59. The number of aryl methyl sites for hydroxylation is 1. The van der Waals surface area contributed by atoms with Gasteiger partial charge in [-0.1, -0.05) is 24.3 Å². The first kappa shape index (κ1) is 20.2. The summed E-state index contributed by atoms with van der Waals surface area (Å²) in [6, 6.07) is 15.0. The number of piperazine rings is 1. The molecule has 0 aliphatic carbocycles. The number of hydrogen-bond donors (Lipinski definition) is 1. The zero-order valence-electron chi connectivity index (χ0n) is 16.5. The van der Waals surface area contributed by atoms with Crippen LogP contribution in [0, 0.1) is 6.92 Å². The van der Waals surface area contributed by atoms with Crippen LogP contribution in [0.1, 0.15) is 15.9 Å². The van der Waals surface area contributed by atoms with E-state index < -0.39 is 6.10 Å². The van der Waals surface area contributed by atoms with Crippen molar-refractivity contribution in [3.63, 3.8) is 0 Å². The van der Waals surface area contributed by atoms with Crippen molar-refractivity contribution in [2.75, 3.05) is 46.4 Å². The number of methoxy groups -OCH3 is 1. The summed E-state index contributed by atoms with van der Waals surface area (Å²) in [6.07, 6.45) is -0.569. The number of aliphatic hydroxyl groups is 1. The minimum atomic E-state index is -0.569. The Morgan fingerprint density at radius 2 is 1.86 bits per heavy atom. The van der Waals surface area contributed by atoms with E-state index in [1.165, 1.54) is 0 Å². The minimum Gasteiger partial charge on any atom is -0.497 e. The molecule has 1 aliphatic heterocycles. The maximum Gasteiger partial charge on any atom is 0.254 e. The maximum absolute atomic E-state index is 12.7. The first-order chi connectivity index (χ1) is 13.6. The third kappa shape index (κ3) is 5.24. The first-order valence-corrected chi connectivity index (χ1v) is 9.59. The third-order valence-corrected chi connectivity index (χ3v) is 4.97. The Labute approximate surface area is 166 Å². The maximum atomic E-state index is 12.7. The van der Waals surface area contributed by atoms with Gasteiger partial charge in [-0.25, -0.2) is 0 Å². The van der Waals surface area contributed by atoms with Crippen molar-refractivity contribution in [1.29, 1.82) is 0 Å². The lowest BCUT2D eigenvalue weighted by Gasteiger charge is -2.35. The van der Waals surface area contributed by atoms with Crippen LogP contribution in [-0.2, 0) is 0 Å². The molecular formula is C22H28N2O4. The molecule has 1 fully saturated rings. The Morgan fingerprint density at radius 3 is 2.57 bits per heavy atom. The predicted octanol–water partition coefficient (Wildman–Crippen LogP) is 2.20. The van der Waals surface area contributed by atoms with Gasteiger partial charge < -0.3 is 19.5 Å². The number of hydrogen-bond acceptors (Lipinski definition) is 5. The molecule has 150 valence electrons. The first-order valence-electron chi connectivity index (χ1n) is 9.59. The summed E-state index contributed by atoms with van der Waals surface area (Å²) in [4.78, 5) is 16.7. The SMILES string of the molecule is COc1cccc(C(=O)N2CCN(CC(O)COc3ccccc3C)CC2)c1. The molecule has 1 unspecified atom stereocenters. The Hall–Kier alpha value is -2.57. The quantitative estimate of drug-likeness (QED) is 0.793. The highest BCUT2D eigenvalue weighted by Crippen LogP contribution is 2.17. The van der Waals surface area contributed by atoms with E-state index in [1.807, 2.05) is 54.3 Å². The van der Waals surface area contributed by atoms with Crippen molar-refractivity contribution in [3.05, 3.63) is 59.7 Å². The molecular weight excluding hydrogens is 356 g/mol. The number of nitrogens with zero attached hydrogens (tertiary/aromatic N) is 2. The highest BCUT2D eigenvalue weighted by Gasteiger charge is 2.23. The van der Waals surface area contributed by atoms with Crippen molar-refractivity contribution >= 4 is 5.91 Å². The molecule has 1 heterocycles. The molecule has 1 saturated heterocycles. The Morgan fingerprint density at radius 1 is 1.11 bits per heavy atom. The van der Waals surface area contributed by atoms with Gasteiger partial charge in [-0.2, -0.15) is 0 Å². The lowest BCUT2D eigenvalue weighted by Crippen LogP contribution is -2.51.